The van der Waals surface area contributed by atoms with Crippen molar-refractivity contribution in [2.75, 3.05) is 33.2 Å². The van der Waals surface area contributed by atoms with E-state index in [9.17, 15) is 4.79 Å². The van der Waals surface area contributed by atoms with E-state index in [-0.39, 0.29) is 18.2 Å². The Balaban J connectivity index is 1.40. The lowest BCUT2D eigenvalue weighted by molar-refractivity contribution is 0.121. The summed E-state index contributed by atoms with van der Waals surface area (Å²) in [6.07, 6.45) is 7.24. The third-order valence-corrected chi connectivity index (χ3v) is 4.61. The Bertz CT molecular complexity index is 496. The molecule has 0 bridgehead atoms. The molecule has 2 amide bonds. The number of aromatic nitrogens is 2. The van der Waals surface area contributed by atoms with Crippen LogP contribution in [0.15, 0.2) is 18.5 Å². The summed E-state index contributed by atoms with van der Waals surface area (Å²) in [7, 11) is 2.09. The molecule has 1 aromatic heterocycles. The van der Waals surface area contributed by atoms with Gasteiger partial charge in [0.1, 0.15) is 6.10 Å². The minimum absolute atomic E-state index is 0.0776. The summed E-state index contributed by atoms with van der Waals surface area (Å²) in [4.78, 5) is 24.6. The lowest BCUT2D eigenvalue weighted by Gasteiger charge is -2.35. The molecule has 1 aliphatic carbocycles. The number of ether oxygens (including phenoxy) is 1. The minimum atomic E-state index is 0.0776. The fourth-order valence-electron chi connectivity index (χ4n) is 3.10. The molecular weight excluding hydrogens is 294 g/mol. The first-order valence-corrected chi connectivity index (χ1v) is 8.38. The lowest BCUT2D eigenvalue weighted by Crippen LogP contribution is -2.53. The van der Waals surface area contributed by atoms with Crippen molar-refractivity contribution in [2.24, 2.45) is 0 Å². The van der Waals surface area contributed by atoms with Crippen LogP contribution in [-0.4, -0.2) is 71.2 Å². The van der Waals surface area contributed by atoms with Crippen molar-refractivity contribution >= 4 is 6.03 Å². The molecular formula is C16H25N5O2. The molecule has 7 nitrogen and oxygen atoms in total. The Morgan fingerprint density at radius 3 is 2.43 bits per heavy atom. The molecule has 2 fully saturated rings. The highest BCUT2D eigenvalue weighted by atomic mass is 16.5. The topological polar surface area (TPSA) is 70.6 Å². The van der Waals surface area contributed by atoms with Gasteiger partial charge in [-0.05, 0) is 38.8 Å². The van der Waals surface area contributed by atoms with E-state index >= 15 is 0 Å². The van der Waals surface area contributed by atoms with Crippen molar-refractivity contribution in [2.45, 2.75) is 37.8 Å². The van der Waals surface area contributed by atoms with Crippen LogP contribution in [-0.2, 0) is 0 Å². The first-order chi connectivity index (χ1) is 11.2. The average molecular weight is 319 g/mol. The van der Waals surface area contributed by atoms with Gasteiger partial charge in [-0.15, -0.1) is 0 Å². The highest BCUT2D eigenvalue weighted by Gasteiger charge is 2.26. The zero-order valence-corrected chi connectivity index (χ0v) is 13.6. The van der Waals surface area contributed by atoms with Crippen molar-refractivity contribution in [3.63, 3.8) is 0 Å². The second kappa shape index (κ2) is 7.59. The average Bonchev–Trinajstić information content (AvgIpc) is 2.58. The molecule has 0 atom stereocenters. The smallest absolute Gasteiger partial charge is 0.317 e. The van der Waals surface area contributed by atoms with Crippen LogP contribution in [0.3, 0.4) is 0 Å². The minimum Gasteiger partial charge on any atom is -0.460 e. The molecule has 0 unspecified atom stereocenters. The maximum absolute atomic E-state index is 12.3. The summed E-state index contributed by atoms with van der Waals surface area (Å²) in [6, 6.07) is 2.54. The van der Waals surface area contributed by atoms with Crippen molar-refractivity contribution in [3.05, 3.63) is 18.5 Å². The van der Waals surface area contributed by atoms with Crippen LogP contribution in [0.4, 0.5) is 4.79 Å². The van der Waals surface area contributed by atoms with Gasteiger partial charge in [-0.3, -0.25) is 0 Å². The van der Waals surface area contributed by atoms with E-state index in [1.807, 2.05) is 4.90 Å². The zero-order chi connectivity index (χ0) is 16.1. The van der Waals surface area contributed by atoms with Gasteiger partial charge in [0.25, 0.3) is 0 Å². The van der Waals surface area contributed by atoms with Crippen LogP contribution < -0.4 is 10.1 Å². The van der Waals surface area contributed by atoms with E-state index in [0.717, 1.165) is 51.9 Å². The molecule has 2 heterocycles. The number of urea groups is 1. The number of likely N-dealkylation sites (N-methyl/N-ethyl adjacent to an activating group) is 1. The quantitative estimate of drug-likeness (QED) is 0.904. The van der Waals surface area contributed by atoms with Crippen molar-refractivity contribution in [1.29, 1.82) is 0 Å². The number of hydrogen-bond donors (Lipinski definition) is 1. The van der Waals surface area contributed by atoms with Gasteiger partial charge in [0.15, 0.2) is 0 Å². The number of carbonyl (C=O) groups excluding carboxylic acids is 1. The number of carbonyl (C=O) groups is 1. The van der Waals surface area contributed by atoms with E-state index < -0.39 is 0 Å². The monoisotopic (exact) mass is 319 g/mol. The van der Waals surface area contributed by atoms with Crippen LogP contribution in [0.25, 0.3) is 0 Å². The fraction of sp³-hybridized carbons (Fsp3) is 0.688. The van der Waals surface area contributed by atoms with Gasteiger partial charge in [0.05, 0.1) is 0 Å². The Morgan fingerprint density at radius 2 is 1.78 bits per heavy atom. The molecule has 1 aliphatic heterocycles. The molecule has 0 radical (unpaired) electrons. The summed E-state index contributed by atoms with van der Waals surface area (Å²) in [5, 5.41) is 3.17. The van der Waals surface area contributed by atoms with Gasteiger partial charge in [-0.1, -0.05) is 0 Å². The summed E-state index contributed by atoms with van der Waals surface area (Å²) in [6.45, 7) is 3.52. The number of nitrogens with zero attached hydrogens (tertiary/aromatic N) is 4. The van der Waals surface area contributed by atoms with Crippen LogP contribution in [0.2, 0.25) is 0 Å². The Labute approximate surface area is 137 Å². The summed E-state index contributed by atoms with van der Waals surface area (Å²) in [5.74, 6) is 0. The molecule has 1 saturated carbocycles. The van der Waals surface area contributed by atoms with Crippen molar-refractivity contribution < 1.29 is 9.53 Å². The molecule has 0 aromatic carbocycles. The van der Waals surface area contributed by atoms with Gasteiger partial charge in [0.2, 0.25) is 0 Å². The van der Waals surface area contributed by atoms with E-state index in [2.05, 4.69) is 27.2 Å². The maximum atomic E-state index is 12.3. The first-order valence-electron chi connectivity index (χ1n) is 8.38. The summed E-state index contributed by atoms with van der Waals surface area (Å²) in [5.41, 5.74) is 0. The number of piperazine rings is 1. The number of rotatable bonds is 3. The second-order valence-corrected chi connectivity index (χ2v) is 6.36. The van der Waals surface area contributed by atoms with Crippen LogP contribution in [0.1, 0.15) is 25.7 Å². The van der Waals surface area contributed by atoms with E-state index in [0.29, 0.717) is 6.01 Å². The van der Waals surface area contributed by atoms with Crippen molar-refractivity contribution in [3.8, 4) is 6.01 Å². The number of nitrogens with one attached hydrogen (secondary N) is 1. The molecule has 7 heteroatoms. The van der Waals surface area contributed by atoms with Crippen LogP contribution in [0.5, 0.6) is 6.01 Å². The Hall–Kier alpha value is -1.89. The van der Waals surface area contributed by atoms with E-state index in [1.165, 1.54) is 0 Å². The van der Waals surface area contributed by atoms with Gasteiger partial charge in [-0.25, -0.2) is 14.8 Å². The van der Waals surface area contributed by atoms with Crippen LogP contribution >= 0.6 is 0 Å². The third-order valence-electron chi connectivity index (χ3n) is 4.61. The van der Waals surface area contributed by atoms with Gasteiger partial charge >= 0.3 is 12.0 Å². The van der Waals surface area contributed by atoms with E-state index in [1.54, 1.807) is 18.5 Å². The third kappa shape index (κ3) is 4.54. The zero-order valence-electron chi connectivity index (χ0n) is 13.6. The highest BCUT2D eigenvalue weighted by Crippen LogP contribution is 2.22. The first kappa shape index (κ1) is 16.0. The summed E-state index contributed by atoms with van der Waals surface area (Å²) < 4.78 is 5.79. The molecule has 0 spiro atoms. The molecule has 2 aliphatic rings. The Kier molecular flexibility index (Phi) is 5.27. The number of hydrogen-bond acceptors (Lipinski definition) is 5. The van der Waals surface area contributed by atoms with Gasteiger partial charge in [-0.2, -0.15) is 0 Å². The van der Waals surface area contributed by atoms with Crippen LogP contribution in [0, 0.1) is 0 Å². The second-order valence-electron chi connectivity index (χ2n) is 6.36. The predicted octanol–water partition coefficient (Wildman–Crippen LogP) is 1.12. The van der Waals surface area contributed by atoms with Crippen molar-refractivity contribution in [1.82, 2.24) is 25.1 Å². The largest absolute Gasteiger partial charge is 0.460 e. The van der Waals surface area contributed by atoms with Gasteiger partial charge in [0, 0.05) is 44.6 Å². The molecule has 23 heavy (non-hydrogen) atoms. The SMILES string of the molecule is CN1CCN(C(=O)NC2CCC(Oc3ncccn3)CC2)CC1. The highest BCUT2D eigenvalue weighted by molar-refractivity contribution is 5.74. The maximum Gasteiger partial charge on any atom is 0.317 e. The molecule has 126 valence electrons. The molecule has 1 N–H and O–H groups in total. The Morgan fingerprint density at radius 1 is 1.13 bits per heavy atom. The van der Waals surface area contributed by atoms with Gasteiger partial charge < -0.3 is 19.9 Å². The number of amides is 2. The van der Waals surface area contributed by atoms with E-state index in [4.69, 9.17) is 4.74 Å². The molecule has 3 rings (SSSR count). The molecule has 1 saturated heterocycles. The predicted molar refractivity (Wildman–Crippen MR) is 86.3 cm³/mol. The summed E-state index contributed by atoms with van der Waals surface area (Å²) >= 11 is 0. The standard InChI is InChI=1S/C16H25N5O2/c1-20-9-11-21(12-10-20)16(22)19-13-3-5-14(6-4-13)23-15-17-7-2-8-18-15/h2,7-8,13-14H,3-6,9-12H2,1H3,(H,19,22). The molecule has 1 aromatic rings. The normalized spacial score (nSPS) is 25.9. The fourth-order valence-corrected chi connectivity index (χ4v) is 3.10. The lowest BCUT2D eigenvalue weighted by atomic mass is 9.93.